The first-order valence-corrected chi connectivity index (χ1v) is 8.10. The summed E-state index contributed by atoms with van der Waals surface area (Å²) in [5.74, 6) is -0.771. The number of carbonyl (C=O) groups excluding carboxylic acids is 2. The number of aromatic hydroxyl groups is 2. The smallest absolute Gasteiger partial charge is 0.342 e. The van der Waals surface area contributed by atoms with Gasteiger partial charge >= 0.3 is 5.97 Å². The zero-order valence-corrected chi connectivity index (χ0v) is 14.1. The van der Waals surface area contributed by atoms with Crippen molar-refractivity contribution in [2.75, 3.05) is 0 Å². The van der Waals surface area contributed by atoms with Gasteiger partial charge in [0.05, 0.1) is 6.10 Å². The largest absolute Gasteiger partial charge is 0.508 e. The molecule has 0 unspecified atom stereocenters. The third-order valence-corrected chi connectivity index (χ3v) is 3.69. The molecule has 0 saturated heterocycles. The van der Waals surface area contributed by atoms with Gasteiger partial charge in [0, 0.05) is 18.9 Å². The number of carbonyl (C=O) groups is 2. The summed E-state index contributed by atoms with van der Waals surface area (Å²) in [7, 11) is 0. The van der Waals surface area contributed by atoms with E-state index in [4.69, 9.17) is 4.74 Å². The Morgan fingerprint density at radius 2 is 1.83 bits per heavy atom. The molecule has 0 aliphatic heterocycles. The van der Waals surface area contributed by atoms with Crippen molar-refractivity contribution in [3.8, 4) is 11.5 Å². The van der Waals surface area contributed by atoms with Crippen LogP contribution in [0.3, 0.4) is 0 Å². The second kappa shape index (κ2) is 9.18. The molecular formula is C18H26O5. The Morgan fingerprint density at radius 3 is 2.43 bits per heavy atom. The highest BCUT2D eigenvalue weighted by Crippen LogP contribution is 2.27. The van der Waals surface area contributed by atoms with Gasteiger partial charge in [0.15, 0.2) is 0 Å². The second-order valence-electron chi connectivity index (χ2n) is 5.91. The normalized spacial score (nSPS) is 12.0. The third-order valence-electron chi connectivity index (χ3n) is 3.69. The van der Waals surface area contributed by atoms with Crippen LogP contribution in [0.5, 0.6) is 11.5 Å². The molecule has 0 bridgehead atoms. The topological polar surface area (TPSA) is 83.8 Å². The summed E-state index contributed by atoms with van der Waals surface area (Å²) in [4.78, 5) is 23.7. The molecule has 1 aromatic rings. The van der Waals surface area contributed by atoms with E-state index >= 15 is 0 Å². The van der Waals surface area contributed by atoms with Crippen molar-refractivity contribution in [2.24, 2.45) is 0 Å². The molecule has 1 rings (SSSR count). The van der Waals surface area contributed by atoms with Crippen LogP contribution in [0.2, 0.25) is 0 Å². The minimum absolute atomic E-state index is 0.0636. The predicted molar refractivity (Wildman–Crippen MR) is 87.8 cm³/mol. The monoisotopic (exact) mass is 322 g/mol. The Morgan fingerprint density at radius 1 is 1.17 bits per heavy atom. The number of aryl methyl sites for hydroxylation is 1. The van der Waals surface area contributed by atoms with Crippen LogP contribution in [0, 0.1) is 6.92 Å². The van der Waals surface area contributed by atoms with Crippen LogP contribution in [0.15, 0.2) is 12.1 Å². The quantitative estimate of drug-likeness (QED) is 0.674. The highest BCUT2D eigenvalue weighted by atomic mass is 16.5. The molecule has 1 aromatic carbocycles. The van der Waals surface area contributed by atoms with Crippen molar-refractivity contribution < 1.29 is 24.5 Å². The van der Waals surface area contributed by atoms with Crippen molar-refractivity contribution >= 4 is 11.8 Å². The summed E-state index contributed by atoms with van der Waals surface area (Å²) in [5, 5.41) is 19.1. The standard InChI is InChI=1S/C18H26O5/c1-4-5-8-14(19)9-6-7-13(3)23-18(22)17-12(2)10-15(20)11-16(17)21/h10-11,13,20-21H,4-9H2,1-3H3/t13-/m0/s1. The van der Waals surface area contributed by atoms with Gasteiger partial charge in [-0.1, -0.05) is 13.3 Å². The summed E-state index contributed by atoms with van der Waals surface area (Å²) < 4.78 is 5.31. The molecule has 128 valence electrons. The maximum absolute atomic E-state index is 12.1. The molecule has 0 spiro atoms. The number of phenolic OH excluding ortho intramolecular Hbond substituents is 2. The van der Waals surface area contributed by atoms with Gasteiger partial charge in [0.2, 0.25) is 0 Å². The molecule has 0 fully saturated rings. The van der Waals surface area contributed by atoms with Gasteiger partial charge in [-0.3, -0.25) is 4.79 Å². The van der Waals surface area contributed by atoms with E-state index in [0.29, 0.717) is 31.2 Å². The maximum Gasteiger partial charge on any atom is 0.342 e. The average Bonchev–Trinajstić information content (AvgIpc) is 2.43. The Balaban J connectivity index is 2.47. The molecule has 0 aromatic heterocycles. The Kier molecular flexibility index (Phi) is 7.59. The molecular weight excluding hydrogens is 296 g/mol. The van der Waals surface area contributed by atoms with Gasteiger partial charge < -0.3 is 14.9 Å². The van der Waals surface area contributed by atoms with E-state index in [1.54, 1.807) is 13.8 Å². The van der Waals surface area contributed by atoms with Crippen LogP contribution in [-0.4, -0.2) is 28.1 Å². The number of hydrogen-bond donors (Lipinski definition) is 2. The molecule has 0 heterocycles. The fourth-order valence-corrected chi connectivity index (χ4v) is 2.40. The number of phenols is 2. The van der Waals surface area contributed by atoms with Crippen LogP contribution in [0.25, 0.3) is 0 Å². The first-order chi connectivity index (χ1) is 10.8. The molecule has 5 heteroatoms. The summed E-state index contributed by atoms with van der Waals surface area (Å²) in [6.07, 6.45) is 3.99. The summed E-state index contributed by atoms with van der Waals surface area (Å²) in [6.45, 7) is 5.43. The van der Waals surface area contributed by atoms with Gasteiger partial charge in [-0.15, -0.1) is 0 Å². The lowest BCUT2D eigenvalue weighted by Crippen LogP contribution is -2.16. The molecule has 2 N–H and O–H groups in total. The number of rotatable bonds is 9. The number of Topliss-reactive ketones (excluding diaryl/α,β-unsaturated/α-hetero) is 1. The van der Waals surface area contributed by atoms with E-state index in [2.05, 4.69) is 6.92 Å². The summed E-state index contributed by atoms with van der Waals surface area (Å²) in [5.41, 5.74) is 0.517. The molecule has 0 radical (unpaired) electrons. The van der Waals surface area contributed by atoms with E-state index in [1.807, 2.05) is 0 Å². The molecule has 0 saturated carbocycles. The number of ketones is 1. The first kappa shape index (κ1) is 19.0. The van der Waals surface area contributed by atoms with Gasteiger partial charge in [-0.05, 0) is 44.7 Å². The van der Waals surface area contributed by atoms with Crippen molar-refractivity contribution in [1.29, 1.82) is 0 Å². The number of esters is 1. The summed E-state index contributed by atoms with van der Waals surface area (Å²) >= 11 is 0. The van der Waals surface area contributed by atoms with Crippen LogP contribution in [-0.2, 0) is 9.53 Å². The highest BCUT2D eigenvalue weighted by molar-refractivity contribution is 5.94. The Bertz CT molecular complexity index is 527. The van der Waals surface area contributed by atoms with Gasteiger partial charge in [0.1, 0.15) is 22.8 Å². The van der Waals surface area contributed by atoms with Crippen LogP contribution in [0.1, 0.15) is 68.3 Å². The number of ether oxygens (including phenoxy) is 1. The summed E-state index contributed by atoms with van der Waals surface area (Å²) in [6, 6.07) is 2.51. The minimum Gasteiger partial charge on any atom is -0.508 e. The van der Waals surface area contributed by atoms with Gasteiger partial charge in [-0.2, -0.15) is 0 Å². The predicted octanol–water partition coefficient (Wildman–Crippen LogP) is 3.88. The highest BCUT2D eigenvalue weighted by Gasteiger charge is 2.19. The van der Waals surface area contributed by atoms with Crippen LogP contribution >= 0.6 is 0 Å². The van der Waals surface area contributed by atoms with E-state index in [1.165, 1.54) is 6.07 Å². The lowest BCUT2D eigenvalue weighted by atomic mass is 10.1. The average molecular weight is 322 g/mol. The molecule has 0 aliphatic carbocycles. The van der Waals surface area contributed by atoms with E-state index in [9.17, 15) is 19.8 Å². The molecule has 0 amide bonds. The van der Waals surface area contributed by atoms with E-state index < -0.39 is 5.97 Å². The number of unbranched alkanes of at least 4 members (excludes halogenated alkanes) is 1. The van der Waals surface area contributed by atoms with Crippen LogP contribution < -0.4 is 0 Å². The van der Waals surface area contributed by atoms with Crippen molar-refractivity contribution in [1.82, 2.24) is 0 Å². The fraction of sp³-hybridized carbons (Fsp3) is 0.556. The zero-order chi connectivity index (χ0) is 17.4. The lowest BCUT2D eigenvalue weighted by molar-refractivity contribution is -0.119. The lowest BCUT2D eigenvalue weighted by Gasteiger charge is -2.15. The van der Waals surface area contributed by atoms with Gasteiger partial charge in [-0.25, -0.2) is 4.79 Å². The zero-order valence-electron chi connectivity index (χ0n) is 14.1. The van der Waals surface area contributed by atoms with E-state index in [-0.39, 0.29) is 28.9 Å². The molecule has 5 nitrogen and oxygen atoms in total. The third kappa shape index (κ3) is 6.30. The Hall–Kier alpha value is -2.04. The maximum atomic E-state index is 12.1. The van der Waals surface area contributed by atoms with Gasteiger partial charge in [0.25, 0.3) is 0 Å². The molecule has 1 atom stereocenters. The van der Waals surface area contributed by atoms with Crippen molar-refractivity contribution in [3.05, 3.63) is 23.3 Å². The second-order valence-corrected chi connectivity index (χ2v) is 5.91. The molecule has 0 aliphatic rings. The number of hydrogen-bond acceptors (Lipinski definition) is 5. The SMILES string of the molecule is CCCCC(=O)CCC[C@H](C)OC(=O)c1c(C)cc(O)cc1O. The fourth-order valence-electron chi connectivity index (χ4n) is 2.40. The minimum atomic E-state index is -0.621. The van der Waals surface area contributed by atoms with Crippen molar-refractivity contribution in [3.63, 3.8) is 0 Å². The van der Waals surface area contributed by atoms with E-state index in [0.717, 1.165) is 18.9 Å². The first-order valence-electron chi connectivity index (χ1n) is 8.10. The molecule has 23 heavy (non-hydrogen) atoms. The van der Waals surface area contributed by atoms with Crippen LogP contribution in [0.4, 0.5) is 0 Å². The number of benzene rings is 1. The van der Waals surface area contributed by atoms with Crippen molar-refractivity contribution in [2.45, 2.75) is 65.4 Å². The Labute approximate surface area is 137 Å².